The minimum Gasteiger partial charge on any atom is -0.477 e. The molecule has 0 saturated heterocycles. The SMILES string of the molecule is O=C(O)c1cn(C2CC2)c2ccc(C(F)(F)F)cc2c1=O. The van der Waals surface area contributed by atoms with Crippen LogP contribution < -0.4 is 5.43 Å². The molecule has 21 heavy (non-hydrogen) atoms. The van der Waals surface area contributed by atoms with E-state index in [2.05, 4.69) is 0 Å². The first-order valence-electron chi connectivity index (χ1n) is 6.28. The van der Waals surface area contributed by atoms with E-state index in [0.717, 1.165) is 25.0 Å². The normalized spacial score (nSPS) is 15.4. The second kappa shape index (κ2) is 4.34. The summed E-state index contributed by atoms with van der Waals surface area (Å²) in [6.45, 7) is 0. The molecular formula is C14H10F3NO3. The van der Waals surface area contributed by atoms with Crippen LogP contribution in [0.4, 0.5) is 13.2 Å². The molecule has 110 valence electrons. The van der Waals surface area contributed by atoms with Crippen LogP contribution in [0.25, 0.3) is 10.9 Å². The van der Waals surface area contributed by atoms with Crippen molar-refractivity contribution in [3.05, 3.63) is 45.7 Å². The molecule has 1 saturated carbocycles. The van der Waals surface area contributed by atoms with Gasteiger partial charge in [0, 0.05) is 17.6 Å². The van der Waals surface area contributed by atoms with Gasteiger partial charge in [-0.1, -0.05) is 0 Å². The highest BCUT2D eigenvalue weighted by molar-refractivity contribution is 5.92. The molecule has 3 rings (SSSR count). The standard InChI is InChI=1S/C14H10F3NO3/c15-14(16,17)7-1-4-11-9(5-7)12(19)10(13(20)21)6-18(11)8-2-3-8/h1,4-6,8H,2-3H2,(H,20,21). The molecule has 1 heterocycles. The van der Waals surface area contributed by atoms with E-state index in [0.29, 0.717) is 5.52 Å². The summed E-state index contributed by atoms with van der Waals surface area (Å²) >= 11 is 0. The van der Waals surface area contributed by atoms with E-state index in [-0.39, 0.29) is 11.4 Å². The predicted octanol–water partition coefficient (Wildman–Crippen LogP) is 3.05. The maximum Gasteiger partial charge on any atom is 0.416 e. The first-order chi connectivity index (χ1) is 9.79. The maximum atomic E-state index is 12.8. The van der Waals surface area contributed by atoms with Gasteiger partial charge in [0.15, 0.2) is 0 Å². The van der Waals surface area contributed by atoms with Crippen LogP contribution in [-0.2, 0) is 6.18 Å². The van der Waals surface area contributed by atoms with Crippen LogP contribution >= 0.6 is 0 Å². The van der Waals surface area contributed by atoms with Gasteiger partial charge in [0.25, 0.3) is 0 Å². The molecular weight excluding hydrogens is 287 g/mol. The summed E-state index contributed by atoms with van der Waals surface area (Å²) in [5.41, 5.74) is -2.02. The van der Waals surface area contributed by atoms with Crippen LogP contribution in [-0.4, -0.2) is 15.6 Å². The number of hydrogen-bond donors (Lipinski definition) is 1. The highest BCUT2D eigenvalue weighted by Gasteiger charge is 2.32. The summed E-state index contributed by atoms with van der Waals surface area (Å²) < 4.78 is 39.8. The number of carboxylic acid groups (broad SMARTS) is 1. The van der Waals surface area contributed by atoms with Crippen LogP contribution in [0.3, 0.4) is 0 Å². The lowest BCUT2D eigenvalue weighted by Gasteiger charge is -2.13. The largest absolute Gasteiger partial charge is 0.477 e. The van der Waals surface area contributed by atoms with E-state index < -0.39 is 28.7 Å². The molecule has 0 atom stereocenters. The quantitative estimate of drug-likeness (QED) is 0.926. The Hall–Kier alpha value is -2.31. The van der Waals surface area contributed by atoms with Crippen LogP contribution in [0.2, 0.25) is 0 Å². The van der Waals surface area contributed by atoms with Gasteiger partial charge < -0.3 is 9.67 Å². The van der Waals surface area contributed by atoms with E-state index in [1.165, 1.54) is 12.3 Å². The van der Waals surface area contributed by atoms with Crippen molar-refractivity contribution in [3.8, 4) is 0 Å². The number of carbonyl (C=O) groups is 1. The molecule has 0 spiro atoms. The van der Waals surface area contributed by atoms with E-state index >= 15 is 0 Å². The molecule has 1 N–H and O–H groups in total. The molecule has 0 radical (unpaired) electrons. The lowest BCUT2D eigenvalue weighted by molar-refractivity contribution is -0.137. The third kappa shape index (κ3) is 2.28. The van der Waals surface area contributed by atoms with Gasteiger partial charge in [-0.2, -0.15) is 13.2 Å². The molecule has 0 aliphatic heterocycles. The number of hydrogen-bond acceptors (Lipinski definition) is 2. The molecule has 1 aliphatic carbocycles. The Bertz CT molecular complexity index is 803. The van der Waals surface area contributed by atoms with Gasteiger partial charge in [0.05, 0.1) is 11.1 Å². The predicted molar refractivity (Wildman–Crippen MR) is 68.4 cm³/mol. The van der Waals surface area contributed by atoms with Crippen LogP contribution in [0.1, 0.15) is 34.8 Å². The first-order valence-corrected chi connectivity index (χ1v) is 6.28. The Morgan fingerprint density at radius 2 is 1.95 bits per heavy atom. The zero-order valence-corrected chi connectivity index (χ0v) is 10.6. The van der Waals surface area contributed by atoms with Gasteiger partial charge in [-0.3, -0.25) is 4.79 Å². The summed E-state index contributed by atoms with van der Waals surface area (Å²) in [6.07, 6.45) is -1.72. The van der Waals surface area contributed by atoms with Gasteiger partial charge in [-0.15, -0.1) is 0 Å². The summed E-state index contributed by atoms with van der Waals surface area (Å²) in [6, 6.07) is 2.90. The van der Waals surface area contributed by atoms with E-state index in [4.69, 9.17) is 5.11 Å². The number of alkyl halides is 3. The van der Waals surface area contributed by atoms with Crippen molar-refractivity contribution in [1.82, 2.24) is 4.57 Å². The van der Waals surface area contributed by atoms with E-state index in [1.807, 2.05) is 0 Å². The highest BCUT2D eigenvalue weighted by Crippen LogP contribution is 2.38. The van der Waals surface area contributed by atoms with Gasteiger partial charge in [-0.25, -0.2) is 4.79 Å². The Balaban J connectivity index is 2.36. The van der Waals surface area contributed by atoms with Crippen LogP contribution in [0.5, 0.6) is 0 Å². The lowest BCUT2D eigenvalue weighted by atomic mass is 10.1. The lowest BCUT2D eigenvalue weighted by Crippen LogP contribution is -2.19. The first kappa shape index (κ1) is 13.7. The fraction of sp³-hybridized carbons (Fsp3) is 0.286. The fourth-order valence-electron chi connectivity index (χ4n) is 2.34. The van der Waals surface area contributed by atoms with Crippen molar-refractivity contribution in [2.45, 2.75) is 25.1 Å². The molecule has 0 amide bonds. The summed E-state index contributed by atoms with van der Waals surface area (Å²) in [4.78, 5) is 23.2. The molecule has 7 heteroatoms. The van der Waals surface area contributed by atoms with Crippen molar-refractivity contribution in [1.29, 1.82) is 0 Å². The molecule has 1 aromatic carbocycles. The summed E-state index contributed by atoms with van der Waals surface area (Å²) in [5, 5.41) is 8.83. The maximum absolute atomic E-state index is 12.8. The number of rotatable bonds is 2. The number of aromatic nitrogens is 1. The van der Waals surface area contributed by atoms with E-state index in [9.17, 15) is 22.8 Å². The van der Waals surface area contributed by atoms with Crippen molar-refractivity contribution in [2.24, 2.45) is 0 Å². The van der Waals surface area contributed by atoms with Crippen molar-refractivity contribution < 1.29 is 23.1 Å². The van der Waals surface area contributed by atoms with Gasteiger partial charge >= 0.3 is 12.1 Å². The van der Waals surface area contributed by atoms with Crippen molar-refractivity contribution in [3.63, 3.8) is 0 Å². The fourth-order valence-corrected chi connectivity index (χ4v) is 2.34. The van der Waals surface area contributed by atoms with Crippen LogP contribution in [0, 0.1) is 0 Å². The summed E-state index contributed by atoms with van der Waals surface area (Å²) in [7, 11) is 0. The minimum atomic E-state index is -4.58. The number of nitrogens with zero attached hydrogens (tertiary/aromatic N) is 1. The van der Waals surface area contributed by atoms with E-state index in [1.54, 1.807) is 4.57 Å². The Kier molecular flexibility index (Phi) is 2.82. The Labute approximate surface area is 116 Å². The smallest absolute Gasteiger partial charge is 0.416 e. The Morgan fingerprint density at radius 3 is 2.48 bits per heavy atom. The van der Waals surface area contributed by atoms with Gasteiger partial charge in [0.2, 0.25) is 5.43 Å². The second-order valence-corrected chi connectivity index (χ2v) is 5.05. The third-order valence-corrected chi connectivity index (χ3v) is 3.53. The highest BCUT2D eigenvalue weighted by atomic mass is 19.4. The number of fused-ring (bicyclic) bond motifs is 1. The molecule has 0 bridgehead atoms. The molecule has 4 nitrogen and oxygen atoms in total. The van der Waals surface area contributed by atoms with Gasteiger partial charge in [-0.05, 0) is 31.0 Å². The second-order valence-electron chi connectivity index (χ2n) is 5.05. The minimum absolute atomic E-state index is 0.0444. The van der Waals surface area contributed by atoms with Gasteiger partial charge in [0.1, 0.15) is 5.56 Å². The zero-order chi connectivity index (χ0) is 15.4. The monoisotopic (exact) mass is 297 g/mol. The van der Waals surface area contributed by atoms with Crippen molar-refractivity contribution in [2.75, 3.05) is 0 Å². The molecule has 1 aliphatic rings. The average molecular weight is 297 g/mol. The molecule has 2 aromatic rings. The molecule has 1 fully saturated rings. The van der Waals surface area contributed by atoms with Crippen LogP contribution in [0.15, 0.2) is 29.2 Å². The number of benzene rings is 1. The molecule has 0 unspecified atom stereocenters. The Morgan fingerprint density at radius 1 is 1.29 bits per heavy atom. The zero-order valence-electron chi connectivity index (χ0n) is 10.6. The molecule has 1 aromatic heterocycles. The summed E-state index contributed by atoms with van der Waals surface area (Å²) in [5.74, 6) is -1.44. The number of aromatic carboxylic acids is 1. The number of pyridine rings is 1. The number of halogens is 3. The third-order valence-electron chi connectivity index (χ3n) is 3.53. The topological polar surface area (TPSA) is 59.3 Å². The average Bonchev–Trinajstić information content (AvgIpc) is 3.21. The van der Waals surface area contributed by atoms with Crippen molar-refractivity contribution >= 4 is 16.9 Å². The number of carboxylic acids is 1.